The van der Waals surface area contributed by atoms with Crippen molar-refractivity contribution in [3.8, 4) is 11.4 Å². The molecule has 0 atom stereocenters. The van der Waals surface area contributed by atoms with Crippen LogP contribution in [0.15, 0.2) is 125 Å². The minimum absolute atomic E-state index is 0.182. The average Bonchev–Trinajstić information content (AvgIpc) is 3.28. The third-order valence-corrected chi connectivity index (χ3v) is 8.23. The third kappa shape index (κ3) is 5.20. The highest BCUT2D eigenvalue weighted by atomic mass is 32.2. The monoisotopic (exact) mass is 507 g/mol. The molecule has 6 heteroatoms. The molecule has 5 aromatic rings. The van der Waals surface area contributed by atoms with Crippen LogP contribution in [0.2, 0.25) is 0 Å². The van der Waals surface area contributed by atoms with E-state index in [1.807, 2.05) is 110 Å². The van der Waals surface area contributed by atoms with E-state index in [2.05, 4.69) is 4.90 Å². The predicted molar refractivity (Wildman–Crippen MR) is 148 cm³/mol. The maximum Gasteiger partial charge on any atom is 0.225 e. The second-order valence-electron chi connectivity index (χ2n) is 9.13. The lowest BCUT2D eigenvalue weighted by atomic mass is 10.1. The quantitative estimate of drug-likeness (QED) is 0.243. The third-order valence-electron chi connectivity index (χ3n) is 6.38. The molecule has 37 heavy (non-hydrogen) atoms. The van der Waals surface area contributed by atoms with Gasteiger partial charge in [0.05, 0.1) is 4.90 Å². The van der Waals surface area contributed by atoms with Crippen LogP contribution in [0.3, 0.4) is 0 Å². The van der Waals surface area contributed by atoms with E-state index < -0.39 is 9.84 Å². The van der Waals surface area contributed by atoms with Crippen LogP contribution in [0.1, 0.15) is 16.7 Å². The molecule has 5 nitrogen and oxygen atoms in total. The van der Waals surface area contributed by atoms with Gasteiger partial charge in [-0.1, -0.05) is 109 Å². The van der Waals surface area contributed by atoms with Gasteiger partial charge in [-0.05, 0) is 30.2 Å². The number of hydrogen-bond acceptors (Lipinski definition) is 4. The first-order valence-corrected chi connectivity index (χ1v) is 13.7. The Kier molecular flexibility index (Phi) is 6.93. The van der Waals surface area contributed by atoms with Crippen LogP contribution in [0.4, 0.5) is 5.82 Å². The molecule has 0 radical (unpaired) electrons. The van der Waals surface area contributed by atoms with E-state index in [1.54, 1.807) is 23.7 Å². The smallest absolute Gasteiger partial charge is 0.225 e. The first-order valence-electron chi connectivity index (χ1n) is 12.2. The van der Waals surface area contributed by atoms with Crippen molar-refractivity contribution in [1.82, 2.24) is 9.55 Å². The Morgan fingerprint density at radius 2 is 1.19 bits per heavy atom. The molecule has 0 aliphatic carbocycles. The number of aromatic nitrogens is 2. The molecule has 0 spiro atoms. The van der Waals surface area contributed by atoms with Gasteiger partial charge in [-0.2, -0.15) is 0 Å². The summed E-state index contributed by atoms with van der Waals surface area (Å²) in [4.78, 5) is 7.30. The van der Waals surface area contributed by atoms with E-state index in [4.69, 9.17) is 4.98 Å². The van der Waals surface area contributed by atoms with Crippen molar-refractivity contribution < 1.29 is 8.42 Å². The Morgan fingerprint density at radius 1 is 0.703 bits per heavy atom. The zero-order valence-corrected chi connectivity index (χ0v) is 21.8. The number of aryl methyl sites for hydroxylation is 1. The molecule has 0 aliphatic heterocycles. The lowest BCUT2D eigenvalue weighted by molar-refractivity contribution is 0.585. The largest absolute Gasteiger partial charge is 0.346 e. The Balaban J connectivity index is 1.72. The second-order valence-corrected chi connectivity index (χ2v) is 11.0. The van der Waals surface area contributed by atoms with Crippen molar-refractivity contribution in [2.24, 2.45) is 7.05 Å². The Hall–Kier alpha value is -4.16. The molecule has 186 valence electrons. The van der Waals surface area contributed by atoms with Gasteiger partial charge in [0.25, 0.3) is 0 Å². The highest BCUT2D eigenvalue weighted by Gasteiger charge is 2.32. The maximum atomic E-state index is 14.2. The van der Waals surface area contributed by atoms with Gasteiger partial charge in [0.2, 0.25) is 9.84 Å². The van der Waals surface area contributed by atoms with Crippen LogP contribution in [0.5, 0.6) is 0 Å². The van der Waals surface area contributed by atoms with Crippen molar-refractivity contribution in [2.45, 2.75) is 29.9 Å². The van der Waals surface area contributed by atoms with Gasteiger partial charge in [0.1, 0.15) is 5.82 Å². The lowest BCUT2D eigenvalue weighted by Crippen LogP contribution is -2.25. The summed E-state index contributed by atoms with van der Waals surface area (Å²) in [5.41, 5.74) is 4.01. The number of anilines is 1. The molecule has 0 saturated carbocycles. The molecule has 0 aliphatic rings. The molecule has 0 bridgehead atoms. The summed E-state index contributed by atoms with van der Waals surface area (Å²) in [5.74, 6) is 1.04. The van der Waals surface area contributed by atoms with E-state index in [0.717, 1.165) is 22.3 Å². The Bertz CT molecular complexity index is 1540. The average molecular weight is 508 g/mol. The molecule has 0 N–H and O–H groups in total. The normalized spacial score (nSPS) is 11.4. The Labute approximate surface area is 218 Å². The fraction of sp³-hybridized carbons (Fsp3) is 0.129. The van der Waals surface area contributed by atoms with Gasteiger partial charge in [0, 0.05) is 25.7 Å². The fourth-order valence-corrected chi connectivity index (χ4v) is 6.04. The number of imidazole rings is 1. The molecule has 5 rings (SSSR count). The predicted octanol–water partition coefficient (Wildman–Crippen LogP) is 6.44. The van der Waals surface area contributed by atoms with Gasteiger partial charge < -0.3 is 9.47 Å². The van der Waals surface area contributed by atoms with Crippen molar-refractivity contribution in [3.63, 3.8) is 0 Å². The van der Waals surface area contributed by atoms with Gasteiger partial charge in [-0.25, -0.2) is 13.4 Å². The molecule has 0 unspecified atom stereocenters. The number of benzene rings is 4. The summed E-state index contributed by atoms with van der Waals surface area (Å²) < 4.78 is 30.0. The molecule has 1 heterocycles. The first kappa shape index (κ1) is 24.5. The molecule has 0 fully saturated rings. The highest BCUT2D eigenvalue weighted by Crippen LogP contribution is 2.35. The van der Waals surface area contributed by atoms with Crippen molar-refractivity contribution in [1.29, 1.82) is 0 Å². The zero-order chi connectivity index (χ0) is 25.8. The van der Waals surface area contributed by atoms with Crippen molar-refractivity contribution >= 4 is 15.7 Å². The Morgan fingerprint density at radius 3 is 1.70 bits per heavy atom. The van der Waals surface area contributed by atoms with E-state index in [-0.39, 0.29) is 9.92 Å². The van der Waals surface area contributed by atoms with Crippen molar-refractivity contribution in [3.05, 3.63) is 132 Å². The minimum atomic E-state index is -3.88. The fourth-order valence-electron chi connectivity index (χ4n) is 4.46. The number of rotatable bonds is 8. The zero-order valence-electron chi connectivity index (χ0n) is 21.0. The summed E-state index contributed by atoms with van der Waals surface area (Å²) in [6.07, 6.45) is 0. The van der Waals surface area contributed by atoms with E-state index in [1.165, 1.54) is 0 Å². The molecule has 1 aromatic heterocycles. The van der Waals surface area contributed by atoms with Crippen molar-refractivity contribution in [2.75, 3.05) is 4.90 Å². The summed E-state index contributed by atoms with van der Waals surface area (Å²) >= 11 is 0. The summed E-state index contributed by atoms with van der Waals surface area (Å²) in [6.45, 7) is 2.97. The minimum Gasteiger partial charge on any atom is -0.346 e. The van der Waals surface area contributed by atoms with Gasteiger partial charge in [-0.15, -0.1) is 0 Å². The first-order chi connectivity index (χ1) is 17.9. The van der Waals surface area contributed by atoms with Crippen LogP contribution < -0.4 is 4.90 Å². The number of sulfone groups is 1. The van der Waals surface area contributed by atoms with Crippen LogP contribution in [-0.4, -0.2) is 18.0 Å². The molecular weight excluding hydrogens is 478 g/mol. The van der Waals surface area contributed by atoms with E-state index in [0.29, 0.717) is 24.7 Å². The highest BCUT2D eigenvalue weighted by molar-refractivity contribution is 7.91. The summed E-state index contributed by atoms with van der Waals surface area (Å²) in [6, 6.07) is 36.8. The van der Waals surface area contributed by atoms with Crippen LogP contribution >= 0.6 is 0 Å². The van der Waals surface area contributed by atoms with Gasteiger partial charge in [-0.3, -0.25) is 0 Å². The maximum absolute atomic E-state index is 14.2. The van der Waals surface area contributed by atoms with Crippen LogP contribution in [-0.2, 0) is 30.0 Å². The van der Waals surface area contributed by atoms with Crippen LogP contribution in [0, 0.1) is 6.92 Å². The summed E-state index contributed by atoms with van der Waals surface area (Å²) in [5, 5.41) is 0.182. The van der Waals surface area contributed by atoms with Crippen LogP contribution in [0.25, 0.3) is 11.4 Å². The lowest BCUT2D eigenvalue weighted by Gasteiger charge is -2.24. The van der Waals surface area contributed by atoms with E-state index >= 15 is 0 Å². The number of hydrogen-bond donors (Lipinski definition) is 0. The standard InChI is InChI=1S/C31H29N3O2S/c1-24-18-20-28(21-19-24)37(35,36)31-30(32-29(33(31)2)27-16-10-5-11-17-27)34(22-25-12-6-3-7-13-25)23-26-14-8-4-9-15-26/h3-21H,22-23H2,1-2H3. The summed E-state index contributed by atoms with van der Waals surface area (Å²) in [7, 11) is -2.09. The molecule has 0 saturated heterocycles. The number of nitrogens with zero attached hydrogens (tertiary/aromatic N) is 3. The van der Waals surface area contributed by atoms with Gasteiger partial charge in [0.15, 0.2) is 10.8 Å². The SMILES string of the molecule is Cc1ccc(S(=O)(=O)c2c(N(Cc3ccccc3)Cc3ccccc3)nc(-c3ccccc3)n2C)cc1. The van der Waals surface area contributed by atoms with E-state index in [9.17, 15) is 8.42 Å². The molecule has 4 aromatic carbocycles. The second kappa shape index (κ2) is 10.4. The van der Waals surface area contributed by atoms with Gasteiger partial charge >= 0.3 is 0 Å². The molecular formula is C31H29N3O2S. The molecule has 0 amide bonds. The topological polar surface area (TPSA) is 55.2 Å².